The highest BCUT2D eigenvalue weighted by molar-refractivity contribution is 5.97. The summed E-state index contributed by atoms with van der Waals surface area (Å²) in [6.07, 6.45) is 0. The number of imidazole rings is 2. The van der Waals surface area contributed by atoms with Crippen molar-refractivity contribution in [2.45, 2.75) is 31.9 Å². The number of alkyl halides is 4. The van der Waals surface area contributed by atoms with Crippen LogP contribution in [0.3, 0.4) is 0 Å². The molecule has 0 amide bonds. The SMILES string of the molecule is C=C(N)c1ccc2c(c1)nc(N)n2CC(F)(F)C(F)(F)Cn1c(N)nc2cc(C(C)=O)ccc21. The van der Waals surface area contributed by atoms with Gasteiger partial charge in [0, 0.05) is 11.3 Å². The van der Waals surface area contributed by atoms with Gasteiger partial charge >= 0.3 is 11.8 Å². The highest BCUT2D eigenvalue weighted by atomic mass is 19.3. The number of halogens is 4. The van der Waals surface area contributed by atoms with Crippen LogP contribution in [0.5, 0.6) is 0 Å². The maximum absolute atomic E-state index is 15.0. The Bertz CT molecular complexity index is 1340. The van der Waals surface area contributed by atoms with E-state index in [9.17, 15) is 22.4 Å². The molecule has 2 aromatic carbocycles. The molecule has 0 saturated carbocycles. The lowest BCUT2D eigenvalue weighted by molar-refractivity contribution is -0.220. The van der Waals surface area contributed by atoms with Crippen LogP contribution in [0, 0.1) is 0 Å². The van der Waals surface area contributed by atoms with E-state index in [0.717, 1.165) is 9.13 Å². The van der Waals surface area contributed by atoms with Gasteiger partial charge in [-0.25, -0.2) is 9.97 Å². The topological polar surface area (TPSA) is 131 Å². The highest BCUT2D eigenvalue weighted by Gasteiger charge is 2.57. The van der Waals surface area contributed by atoms with Crippen molar-refractivity contribution in [2.24, 2.45) is 5.73 Å². The second kappa shape index (κ2) is 7.75. The molecule has 0 bridgehead atoms. The first-order chi connectivity index (χ1) is 15.8. The predicted octanol–water partition coefficient (Wildman–Crippen LogP) is 3.65. The summed E-state index contributed by atoms with van der Waals surface area (Å²) in [5, 5.41) is 0. The lowest BCUT2D eigenvalue weighted by atomic mass is 10.1. The van der Waals surface area contributed by atoms with Crippen molar-refractivity contribution in [3.63, 3.8) is 0 Å². The molecule has 34 heavy (non-hydrogen) atoms. The number of Topliss-reactive ketones (excluding diaryl/α,β-unsaturated/α-hetero) is 1. The molecule has 12 heteroatoms. The van der Waals surface area contributed by atoms with E-state index in [0.29, 0.717) is 5.56 Å². The predicted molar refractivity (Wildman–Crippen MR) is 121 cm³/mol. The maximum Gasteiger partial charge on any atom is 0.329 e. The van der Waals surface area contributed by atoms with Gasteiger partial charge in [0.25, 0.3) is 0 Å². The average molecular weight is 475 g/mol. The Kier molecular flexibility index (Phi) is 5.26. The third-order valence-corrected chi connectivity index (χ3v) is 5.58. The number of nitrogens with zero attached hydrogens (tertiary/aromatic N) is 4. The van der Waals surface area contributed by atoms with Gasteiger partial charge in [-0.3, -0.25) is 4.79 Å². The molecule has 0 atom stereocenters. The van der Waals surface area contributed by atoms with Crippen LogP contribution in [-0.4, -0.2) is 36.7 Å². The van der Waals surface area contributed by atoms with Crippen LogP contribution in [0.1, 0.15) is 22.8 Å². The normalized spacial score (nSPS) is 12.5. The van der Waals surface area contributed by atoms with E-state index in [1.807, 2.05) is 0 Å². The fourth-order valence-electron chi connectivity index (χ4n) is 3.68. The van der Waals surface area contributed by atoms with E-state index in [2.05, 4.69) is 16.5 Å². The van der Waals surface area contributed by atoms with Crippen molar-refractivity contribution in [1.82, 2.24) is 19.1 Å². The number of nitrogens with two attached hydrogens (primary N) is 3. The number of rotatable bonds is 7. The molecule has 0 saturated heterocycles. The number of carbonyl (C=O) groups excluding carboxylic acids is 1. The van der Waals surface area contributed by atoms with E-state index in [4.69, 9.17) is 17.2 Å². The van der Waals surface area contributed by atoms with Gasteiger partial charge in [0.1, 0.15) is 0 Å². The molecule has 0 unspecified atom stereocenters. The summed E-state index contributed by atoms with van der Waals surface area (Å²) in [7, 11) is 0. The highest BCUT2D eigenvalue weighted by Crippen LogP contribution is 2.39. The molecule has 0 fully saturated rings. The van der Waals surface area contributed by atoms with Crippen molar-refractivity contribution >= 4 is 45.4 Å². The number of hydrogen-bond acceptors (Lipinski definition) is 6. The molecule has 8 nitrogen and oxygen atoms in total. The van der Waals surface area contributed by atoms with E-state index >= 15 is 0 Å². The summed E-state index contributed by atoms with van der Waals surface area (Å²) >= 11 is 0. The number of fused-ring (bicyclic) bond motifs is 2. The Morgan fingerprint density at radius 1 is 0.882 bits per heavy atom. The van der Waals surface area contributed by atoms with Crippen LogP contribution in [0.25, 0.3) is 27.8 Å². The zero-order chi connectivity index (χ0) is 25.0. The first-order valence-electron chi connectivity index (χ1n) is 10.0. The minimum absolute atomic E-state index is 0.0973. The van der Waals surface area contributed by atoms with Gasteiger partial charge < -0.3 is 26.3 Å². The quantitative estimate of drug-likeness (QED) is 0.276. The summed E-state index contributed by atoms with van der Waals surface area (Å²) in [4.78, 5) is 19.5. The Morgan fingerprint density at radius 2 is 1.29 bits per heavy atom. The number of ketones is 1. The minimum Gasteiger partial charge on any atom is -0.399 e. The third-order valence-electron chi connectivity index (χ3n) is 5.58. The standard InChI is InChI=1S/C22H21F4N7O/c1-11(27)13-3-5-17-15(7-13)30-19(28)32(17)9-21(23,24)22(25,26)10-33-18-6-4-14(12(2)34)8-16(18)31-20(33)29/h3-8H,1,9-10,27H2,2H3,(H2,28,30)(H2,29,31). The number of hydrogen-bond donors (Lipinski definition) is 3. The van der Waals surface area contributed by atoms with Crippen molar-refractivity contribution in [2.75, 3.05) is 11.5 Å². The fourth-order valence-corrected chi connectivity index (χ4v) is 3.68. The molecule has 4 aromatic rings. The molecule has 0 spiro atoms. The van der Waals surface area contributed by atoms with Crippen LogP contribution in [0.2, 0.25) is 0 Å². The fraction of sp³-hybridized carbons (Fsp3) is 0.227. The zero-order valence-electron chi connectivity index (χ0n) is 18.0. The summed E-state index contributed by atoms with van der Waals surface area (Å²) in [6.45, 7) is 2.05. The van der Waals surface area contributed by atoms with Gasteiger partial charge in [-0.2, -0.15) is 17.6 Å². The van der Waals surface area contributed by atoms with Crippen LogP contribution < -0.4 is 17.2 Å². The van der Waals surface area contributed by atoms with Crippen molar-refractivity contribution < 1.29 is 22.4 Å². The number of anilines is 2. The first kappa shape index (κ1) is 23.1. The smallest absolute Gasteiger partial charge is 0.329 e. The second-order valence-corrected chi connectivity index (χ2v) is 8.01. The number of carbonyl (C=O) groups is 1. The van der Waals surface area contributed by atoms with Gasteiger partial charge in [-0.05, 0) is 42.8 Å². The monoisotopic (exact) mass is 475 g/mol. The number of nitrogen functional groups attached to an aromatic ring is 2. The van der Waals surface area contributed by atoms with Gasteiger partial charge in [0.15, 0.2) is 5.78 Å². The third kappa shape index (κ3) is 3.80. The van der Waals surface area contributed by atoms with Crippen LogP contribution in [-0.2, 0) is 13.1 Å². The molecule has 0 aliphatic rings. The van der Waals surface area contributed by atoms with Gasteiger partial charge in [-0.15, -0.1) is 0 Å². The summed E-state index contributed by atoms with van der Waals surface area (Å²) in [6, 6.07) is 8.49. The number of aromatic nitrogens is 4. The molecule has 0 aliphatic carbocycles. The minimum atomic E-state index is -4.54. The Morgan fingerprint density at radius 3 is 1.71 bits per heavy atom. The zero-order valence-corrected chi connectivity index (χ0v) is 18.0. The molecule has 4 rings (SSSR count). The molecule has 6 N–H and O–H groups in total. The van der Waals surface area contributed by atoms with Gasteiger partial charge in [0.2, 0.25) is 11.9 Å². The van der Waals surface area contributed by atoms with E-state index in [-0.39, 0.29) is 51.0 Å². The van der Waals surface area contributed by atoms with Crippen molar-refractivity contribution in [1.29, 1.82) is 0 Å². The molecule has 0 aliphatic heterocycles. The Balaban J connectivity index is 1.67. The van der Waals surface area contributed by atoms with E-state index < -0.39 is 24.9 Å². The van der Waals surface area contributed by atoms with Crippen LogP contribution >= 0.6 is 0 Å². The molecule has 2 heterocycles. The summed E-state index contributed by atoms with van der Waals surface area (Å²) in [5.41, 5.74) is 18.8. The van der Waals surface area contributed by atoms with E-state index in [1.165, 1.54) is 43.3 Å². The largest absolute Gasteiger partial charge is 0.399 e. The van der Waals surface area contributed by atoms with Crippen molar-refractivity contribution in [3.05, 3.63) is 54.1 Å². The van der Waals surface area contributed by atoms with Crippen LogP contribution in [0.15, 0.2) is 43.0 Å². The molecule has 178 valence electrons. The first-order valence-corrected chi connectivity index (χ1v) is 10.0. The number of benzene rings is 2. The van der Waals surface area contributed by atoms with Crippen LogP contribution in [0.4, 0.5) is 29.5 Å². The molecular weight excluding hydrogens is 454 g/mol. The lowest BCUT2D eigenvalue weighted by Gasteiger charge is -2.28. The Labute approximate surface area is 190 Å². The van der Waals surface area contributed by atoms with Crippen molar-refractivity contribution in [3.8, 4) is 0 Å². The lowest BCUT2D eigenvalue weighted by Crippen LogP contribution is -2.47. The van der Waals surface area contributed by atoms with Gasteiger partial charge in [-0.1, -0.05) is 12.6 Å². The molecule has 0 radical (unpaired) electrons. The molecule has 2 aromatic heterocycles. The summed E-state index contributed by atoms with van der Waals surface area (Å²) in [5.74, 6) is -10.1. The second-order valence-electron chi connectivity index (χ2n) is 8.01. The van der Waals surface area contributed by atoms with Gasteiger partial charge in [0.05, 0.1) is 35.2 Å². The molecular formula is C22H21F4N7O. The average Bonchev–Trinajstić information content (AvgIpc) is 3.22. The summed E-state index contributed by atoms with van der Waals surface area (Å²) < 4.78 is 61.5. The van der Waals surface area contributed by atoms with E-state index in [1.54, 1.807) is 0 Å². The Hall–Kier alpha value is -4.09. The maximum atomic E-state index is 15.0.